The summed E-state index contributed by atoms with van der Waals surface area (Å²) in [6, 6.07) is 0. The van der Waals surface area contributed by atoms with E-state index in [1.54, 1.807) is 4.90 Å². The average Bonchev–Trinajstić information content (AvgIpc) is 3.13. The molecular weight excluding hydrogens is 708 g/mol. The number of esters is 2. The third kappa shape index (κ3) is 43.6. The fraction of sp³-hybridized carbons (Fsp3) is 0.936. The van der Waals surface area contributed by atoms with Crippen molar-refractivity contribution in [3.63, 3.8) is 0 Å². The monoisotopic (exact) mass is 801 g/mol. The maximum absolute atomic E-state index is 13.0. The van der Waals surface area contributed by atoms with Crippen molar-refractivity contribution in [2.24, 2.45) is 0 Å². The number of hydrogen-bond donors (Lipinski definition) is 0. The van der Waals surface area contributed by atoms with Crippen molar-refractivity contribution in [1.29, 1.82) is 0 Å². The first-order valence-corrected chi connectivity index (χ1v) is 23.6. The first kappa shape index (κ1) is 55.8. The van der Waals surface area contributed by atoms with Crippen LogP contribution in [0.3, 0.4) is 0 Å². The molecule has 0 fully saturated rings. The lowest BCUT2D eigenvalue weighted by Crippen LogP contribution is -3.00. The SMILES string of the molecule is CCCCCCCCCCCCCCCCCCC(=O)OCCN(CCOC(=O)CCCCCCCCCCCCCCCCCC)C(=O)C[N+](C)(C)C.[Cl-]. The van der Waals surface area contributed by atoms with Crippen LogP contribution in [0.15, 0.2) is 0 Å². The highest BCUT2D eigenvalue weighted by molar-refractivity contribution is 5.77. The van der Waals surface area contributed by atoms with Crippen molar-refractivity contribution in [3.8, 4) is 0 Å². The molecular formula is C47H93ClN2O5. The van der Waals surface area contributed by atoms with E-state index in [9.17, 15) is 14.4 Å². The number of halogens is 1. The predicted molar refractivity (Wildman–Crippen MR) is 230 cm³/mol. The molecule has 0 heterocycles. The van der Waals surface area contributed by atoms with Gasteiger partial charge in [-0.1, -0.05) is 206 Å². The van der Waals surface area contributed by atoms with Crippen LogP contribution in [0, 0.1) is 0 Å². The van der Waals surface area contributed by atoms with Crippen LogP contribution in [-0.2, 0) is 23.9 Å². The number of amides is 1. The molecule has 0 aromatic heterocycles. The summed E-state index contributed by atoms with van der Waals surface area (Å²) in [5.74, 6) is -0.403. The van der Waals surface area contributed by atoms with Crippen LogP contribution >= 0.6 is 0 Å². The van der Waals surface area contributed by atoms with Crippen molar-refractivity contribution in [2.45, 2.75) is 232 Å². The molecule has 0 rings (SSSR count). The third-order valence-electron chi connectivity index (χ3n) is 10.7. The zero-order valence-electron chi connectivity index (χ0n) is 37.4. The Bertz CT molecular complexity index is 796. The highest BCUT2D eigenvalue weighted by Gasteiger charge is 2.21. The standard InChI is InChI=1S/C47H93N2O5.ClH/c1-6-8-10-12-14-16-18-20-22-24-26-28-30-32-34-36-38-46(51)53-42-40-48(45(50)44-49(3,4)5)41-43-54-47(52)39-37-35-33-31-29-27-25-23-21-19-17-15-13-11-9-7-2;/h6-44H2,1-5H3;1H/q+1;/p-1. The molecule has 0 unspecified atom stereocenters. The molecule has 0 spiro atoms. The smallest absolute Gasteiger partial charge is 0.305 e. The second-order valence-corrected chi connectivity index (χ2v) is 17.4. The Morgan fingerprint density at radius 2 is 0.636 bits per heavy atom. The van der Waals surface area contributed by atoms with Gasteiger partial charge in [-0.3, -0.25) is 14.4 Å². The average molecular weight is 802 g/mol. The molecule has 0 saturated heterocycles. The molecule has 0 aliphatic rings. The summed E-state index contributed by atoms with van der Waals surface area (Å²) in [6.45, 7) is 5.88. The van der Waals surface area contributed by atoms with Gasteiger partial charge in [0.25, 0.3) is 5.91 Å². The van der Waals surface area contributed by atoms with Gasteiger partial charge in [-0.25, -0.2) is 0 Å². The lowest BCUT2D eigenvalue weighted by atomic mass is 10.0. The molecule has 0 bridgehead atoms. The molecule has 0 saturated carbocycles. The number of carbonyl (C=O) groups is 3. The van der Waals surface area contributed by atoms with Crippen molar-refractivity contribution in [3.05, 3.63) is 0 Å². The first-order valence-electron chi connectivity index (χ1n) is 23.6. The zero-order chi connectivity index (χ0) is 39.8. The highest BCUT2D eigenvalue weighted by atomic mass is 35.5. The maximum atomic E-state index is 13.0. The number of ether oxygens (including phenoxy) is 2. The molecule has 0 aliphatic heterocycles. The van der Waals surface area contributed by atoms with E-state index >= 15 is 0 Å². The van der Waals surface area contributed by atoms with Gasteiger partial charge in [-0.15, -0.1) is 0 Å². The van der Waals surface area contributed by atoms with Crippen LogP contribution in [0.2, 0.25) is 0 Å². The van der Waals surface area contributed by atoms with Crippen molar-refractivity contribution in [2.75, 3.05) is 54.0 Å². The lowest BCUT2D eigenvalue weighted by Gasteiger charge is -2.28. The molecule has 55 heavy (non-hydrogen) atoms. The van der Waals surface area contributed by atoms with Gasteiger partial charge in [0, 0.05) is 12.8 Å². The largest absolute Gasteiger partial charge is 1.00 e. The summed E-state index contributed by atoms with van der Waals surface area (Å²) in [5.41, 5.74) is 0. The summed E-state index contributed by atoms with van der Waals surface area (Å²) in [5, 5.41) is 0. The van der Waals surface area contributed by atoms with E-state index in [0.29, 0.717) is 37.0 Å². The first-order chi connectivity index (χ1) is 26.2. The second kappa shape index (κ2) is 42.3. The molecule has 1 amide bonds. The Morgan fingerprint density at radius 1 is 0.400 bits per heavy atom. The molecule has 0 N–H and O–H groups in total. The van der Waals surface area contributed by atoms with Crippen LogP contribution in [0.25, 0.3) is 0 Å². The Balaban J connectivity index is 0. The van der Waals surface area contributed by atoms with E-state index < -0.39 is 0 Å². The van der Waals surface area contributed by atoms with E-state index in [4.69, 9.17) is 9.47 Å². The zero-order valence-corrected chi connectivity index (χ0v) is 38.1. The van der Waals surface area contributed by atoms with Gasteiger partial charge in [0.2, 0.25) is 0 Å². The molecule has 8 heteroatoms. The number of unbranched alkanes of at least 4 members (excludes halogenated alkanes) is 30. The summed E-state index contributed by atoms with van der Waals surface area (Å²) >= 11 is 0. The Morgan fingerprint density at radius 3 is 0.873 bits per heavy atom. The third-order valence-corrected chi connectivity index (χ3v) is 10.7. The molecule has 0 aliphatic carbocycles. The summed E-state index contributed by atoms with van der Waals surface area (Å²) < 4.78 is 11.5. The fourth-order valence-corrected chi connectivity index (χ4v) is 7.19. The summed E-state index contributed by atoms with van der Waals surface area (Å²) in [6.07, 6.45) is 42.7. The van der Waals surface area contributed by atoms with Gasteiger partial charge in [-0.2, -0.15) is 0 Å². The molecule has 0 radical (unpaired) electrons. The minimum Gasteiger partial charge on any atom is -1.00 e. The minimum atomic E-state index is -0.190. The number of likely N-dealkylation sites (N-methyl/N-ethyl adjacent to an activating group) is 1. The second-order valence-electron chi connectivity index (χ2n) is 17.4. The van der Waals surface area contributed by atoms with Crippen molar-refractivity contribution >= 4 is 17.8 Å². The summed E-state index contributed by atoms with van der Waals surface area (Å²) in [4.78, 5) is 39.4. The fourth-order valence-electron chi connectivity index (χ4n) is 7.19. The molecule has 0 atom stereocenters. The van der Waals surface area contributed by atoms with Crippen LogP contribution in [0.1, 0.15) is 232 Å². The Kier molecular flexibility index (Phi) is 42.9. The van der Waals surface area contributed by atoms with E-state index in [-0.39, 0.29) is 43.5 Å². The summed E-state index contributed by atoms with van der Waals surface area (Å²) in [7, 11) is 5.94. The van der Waals surface area contributed by atoms with Crippen LogP contribution in [0.5, 0.6) is 0 Å². The van der Waals surface area contributed by atoms with Crippen molar-refractivity contribution in [1.82, 2.24) is 4.90 Å². The van der Waals surface area contributed by atoms with Crippen molar-refractivity contribution < 1.29 is 40.7 Å². The van der Waals surface area contributed by atoms with Gasteiger partial charge in [-0.05, 0) is 12.8 Å². The van der Waals surface area contributed by atoms with E-state index in [1.165, 1.54) is 180 Å². The quantitative estimate of drug-likeness (QED) is 0.0349. The van der Waals surface area contributed by atoms with Crippen LogP contribution < -0.4 is 12.4 Å². The van der Waals surface area contributed by atoms with E-state index in [2.05, 4.69) is 13.8 Å². The topological polar surface area (TPSA) is 72.9 Å². The van der Waals surface area contributed by atoms with Gasteiger partial charge >= 0.3 is 11.9 Å². The maximum Gasteiger partial charge on any atom is 0.305 e. The molecule has 328 valence electrons. The number of nitrogens with zero attached hydrogens (tertiary/aromatic N) is 2. The number of rotatable bonds is 42. The number of hydrogen-bond acceptors (Lipinski definition) is 5. The number of quaternary nitrogens is 1. The van der Waals surface area contributed by atoms with E-state index in [0.717, 1.165) is 25.7 Å². The molecule has 0 aromatic rings. The van der Waals surface area contributed by atoms with Gasteiger partial charge < -0.3 is 31.3 Å². The highest BCUT2D eigenvalue weighted by Crippen LogP contribution is 2.16. The minimum absolute atomic E-state index is 0. The predicted octanol–water partition coefficient (Wildman–Crippen LogP) is 9.91. The number of carbonyl (C=O) groups excluding carboxylic acids is 3. The van der Waals surface area contributed by atoms with Gasteiger partial charge in [0.15, 0.2) is 6.54 Å². The Labute approximate surface area is 348 Å². The van der Waals surface area contributed by atoms with Gasteiger partial charge in [0.1, 0.15) is 13.2 Å². The Hall–Kier alpha value is -1.34. The molecule has 7 nitrogen and oxygen atoms in total. The molecule has 0 aromatic carbocycles. The van der Waals surface area contributed by atoms with Crippen LogP contribution in [0.4, 0.5) is 0 Å². The normalized spacial score (nSPS) is 11.4. The lowest BCUT2D eigenvalue weighted by molar-refractivity contribution is -0.862. The van der Waals surface area contributed by atoms with E-state index in [1.807, 2.05) is 21.1 Å². The van der Waals surface area contributed by atoms with Gasteiger partial charge in [0.05, 0.1) is 34.2 Å². The van der Waals surface area contributed by atoms with Crippen LogP contribution in [-0.4, -0.2) is 81.2 Å².